The predicted octanol–water partition coefficient (Wildman–Crippen LogP) is 2.96. The van der Waals surface area contributed by atoms with Crippen LogP contribution in [0.15, 0.2) is 18.2 Å². The summed E-state index contributed by atoms with van der Waals surface area (Å²) in [5.74, 6) is 0.641. The maximum absolute atomic E-state index is 13.6. The van der Waals surface area contributed by atoms with Crippen molar-refractivity contribution in [1.29, 1.82) is 0 Å². The first-order valence-electron chi connectivity index (χ1n) is 6.38. The van der Waals surface area contributed by atoms with Gasteiger partial charge in [0.05, 0.1) is 6.61 Å². The van der Waals surface area contributed by atoms with Crippen molar-refractivity contribution in [2.24, 2.45) is 5.73 Å². The molecule has 1 aromatic rings. The van der Waals surface area contributed by atoms with Crippen molar-refractivity contribution in [2.45, 2.75) is 43.6 Å². The lowest BCUT2D eigenvalue weighted by Gasteiger charge is -2.27. The van der Waals surface area contributed by atoms with Crippen LogP contribution in [-0.2, 0) is 0 Å². The summed E-state index contributed by atoms with van der Waals surface area (Å²) < 4.78 is 19.0. The summed E-state index contributed by atoms with van der Waals surface area (Å²) in [5.41, 5.74) is 7.23. The van der Waals surface area contributed by atoms with E-state index >= 15 is 0 Å². The maximum Gasteiger partial charge on any atom is 0.165 e. The highest BCUT2D eigenvalue weighted by atomic mass is 19.1. The molecule has 1 heterocycles. The molecule has 92 valence electrons. The number of benzene rings is 1. The highest BCUT2D eigenvalue weighted by Crippen LogP contribution is 2.43. The zero-order valence-corrected chi connectivity index (χ0v) is 9.92. The van der Waals surface area contributed by atoms with E-state index in [0.717, 1.165) is 37.7 Å². The van der Waals surface area contributed by atoms with Gasteiger partial charge in [-0.15, -0.1) is 0 Å². The average molecular weight is 235 g/mol. The average Bonchev–Trinajstić information content (AvgIpc) is 3.06. The molecule has 3 heteroatoms. The van der Waals surface area contributed by atoms with Gasteiger partial charge in [0.2, 0.25) is 0 Å². The maximum atomic E-state index is 13.6. The first-order valence-corrected chi connectivity index (χ1v) is 6.38. The van der Waals surface area contributed by atoms with Gasteiger partial charge in [-0.25, -0.2) is 4.39 Å². The fourth-order valence-electron chi connectivity index (χ4n) is 2.63. The lowest BCUT2D eigenvalue weighted by Crippen LogP contribution is -2.23. The molecular formula is C14H18FNO. The molecule has 17 heavy (non-hydrogen) atoms. The van der Waals surface area contributed by atoms with E-state index in [1.54, 1.807) is 6.07 Å². The fourth-order valence-corrected chi connectivity index (χ4v) is 2.63. The summed E-state index contributed by atoms with van der Waals surface area (Å²) >= 11 is 0. The third-order valence-corrected chi connectivity index (χ3v) is 4.03. The van der Waals surface area contributed by atoms with Gasteiger partial charge in [0, 0.05) is 11.1 Å². The van der Waals surface area contributed by atoms with Gasteiger partial charge < -0.3 is 10.5 Å². The molecule has 0 amide bonds. The summed E-state index contributed by atoms with van der Waals surface area (Å²) in [4.78, 5) is 0. The Labute approximate surface area is 101 Å². The van der Waals surface area contributed by atoms with Gasteiger partial charge >= 0.3 is 0 Å². The Balaban J connectivity index is 1.77. The van der Waals surface area contributed by atoms with Crippen LogP contribution in [0.1, 0.15) is 43.6 Å². The number of hydrogen-bond donors (Lipinski definition) is 1. The molecule has 0 radical (unpaired) electrons. The van der Waals surface area contributed by atoms with Gasteiger partial charge in [0.25, 0.3) is 0 Å². The quantitative estimate of drug-likeness (QED) is 0.874. The van der Waals surface area contributed by atoms with Crippen LogP contribution in [0.3, 0.4) is 0 Å². The first kappa shape index (κ1) is 11.0. The molecule has 1 aliphatic heterocycles. The Kier molecular flexibility index (Phi) is 2.58. The molecule has 1 fully saturated rings. The topological polar surface area (TPSA) is 35.2 Å². The van der Waals surface area contributed by atoms with Crippen molar-refractivity contribution in [2.75, 3.05) is 6.61 Å². The van der Waals surface area contributed by atoms with Gasteiger partial charge in [-0.3, -0.25) is 0 Å². The molecule has 2 nitrogen and oxygen atoms in total. The Bertz CT molecular complexity index is 428. The van der Waals surface area contributed by atoms with Crippen molar-refractivity contribution in [3.05, 3.63) is 29.6 Å². The number of halogens is 1. The van der Waals surface area contributed by atoms with Gasteiger partial charge in [-0.2, -0.15) is 0 Å². The van der Waals surface area contributed by atoms with Crippen LogP contribution in [0.4, 0.5) is 4.39 Å². The lowest BCUT2D eigenvalue weighted by molar-refractivity contribution is 0.247. The zero-order chi connectivity index (χ0) is 11.9. The van der Waals surface area contributed by atoms with E-state index in [2.05, 4.69) is 0 Å². The third-order valence-electron chi connectivity index (χ3n) is 4.03. The second kappa shape index (κ2) is 3.98. The Morgan fingerprint density at radius 2 is 2.24 bits per heavy atom. The molecule has 2 N–H and O–H groups in total. The molecule has 1 unspecified atom stereocenters. The molecule has 1 aliphatic carbocycles. The molecule has 0 saturated heterocycles. The second-order valence-electron chi connectivity index (χ2n) is 5.39. The fraction of sp³-hybridized carbons (Fsp3) is 0.571. The molecule has 0 bridgehead atoms. The normalized spacial score (nSPS) is 24.9. The summed E-state index contributed by atoms with van der Waals surface area (Å²) in [6, 6.07) is 5.22. The molecule has 0 aromatic heterocycles. The van der Waals surface area contributed by atoms with E-state index < -0.39 is 0 Å². The molecule has 1 aromatic carbocycles. The van der Waals surface area contributed by atoms with Gasteiger partial charge in [0.1, 0.15) is 0 Å². The van der Waals surface area contributed by atoms with Crippen LogP contribution < -0.4 is 10.5 Å². The number of nitrogens with two attached hydrogens (primary N) is 1. The zero-order valence-electron chi connectivity index (χ0n) is 9.92. The van der Waals surface area contributed by atoms with Crippen LogP contribution in [0.25, 0.3) is 0 Å². The molecule has 2 aliphatic rings. The van der Waals surface area contributed by atoms with Crippen molar-refractivity contribution >= 4 is 0 Å². The third kappa shape index (κ3) is 2.16. The van der Waals surface area contributed by atoms with Gasteiger partial charge in [0.15, 0.2) is 11.6 Å². The molecular weight excluding hydrogens is 217 g/mol. The summed E-state index contributed by atoms with van der Waals surface area (Å²) in [7, 11) is 0. The highest BCUT2D eigenvalue weighted by molar-refractivity contribution is 5.39. The SMILES string of the molecule is NC1(CCC2CCOc3c(F)cccc32)CC1. The van der Waals surface area contributed by atoms with Gasteiger partial charge in [-0.1, -0.05) is 12.1 Å². The predicted molar refractivity (Wildman–Crippen MR) is 64.6 cm³/mol. The minimum atomic E-state index is -0.235. The summed E-state index contributed by atoms with van der Waals surface area (Å²) in [6.07, 6.45) is 5.37. The highest BCUT2D eigenvalue weighted by Gasteiger charge is 2.38. The van der Waals surface area contributed by atoms with E-state index in [-0.39, 0.29) is 11.4 Å². The molecule has 3 rings (SSSR count). The van der Waals surface area contributed by atoms with Crippen molar-refractivity contribution in [3.8, 4) is 5.75 Å². The molecule has 0 spiro atoms. The van der Waals surface area contributed by atoms with E-state index in [0.29, 0.717) is 18.3 Å². The van der Waals surface area contributed by atoms with E-state index in [1.165, 1.54) is 6.07 Å². The monoisotopic (exact) mass is 235 g/mol. The van der Waals surface area contributed by atoms with Crippen LogP contribution in [-0.4, -0.2) is 12.1 Å². The van der Waals surface area contributed by atoms with E-state index in [4.69, 9.17) is 10.5 Å². The molecule has 1 saturated carbocycles. The second-order valence-corrected chi connectivity index (χ2v) is 5.39. The minimum Gasteiger partial charge on any atom is -0.490 e. The minimum absolute atomic E-state index is 0.0891. The van der Waals surface area contributed by atoms with Crippen LogP contribution in [0, 0.1) is 5.82 Å². The summed E-state index contributed by atoms with van der Waals surface area (Å²) in [6.45, 7) is 0.621. The van der Waals surface area contributed by atoms with Crippen LogP contribution in [0.2, 0.25) is 0 Å². The van der Waals surface area contributed by atoms with Crippen LogP contribution >= 0.6 is 0 Å². The van der Waals surface area contributed by atoms with Crippen LogP contribution in [0.5, 0.6) is 5.75 Å². The first-order chi connectivity index (χ1) is 8.18. The number of ether oxygens (including phenoxy) is 1. The number of fused-ring (bicyclic) bond motifs is 1. The van der Waals surface area contributed by atoms with Crippen molar-refractivity contribution < 1.29 is 9.13 Å². The standard InChI is InChI=1S/C14H18FNO/c15-12-3-1-2-11-10(5-9-17-13(11)12)4-6-14(16)7-8-14/h1-3,10H,4-9,16H2. The van der Waals surface area contributed by atoms with Crippen molar-refractivity contribution in [3.63, 3.8) is 0 Å². The largest absolute Gasteiger partial charge is 0.490 e. The van der Waals surface area contributed by atoms with Gasteiger partial charge in [-0.05, 0) is 44.1 Å². The number of para-hydroxylation sites is 1. The van der Waals surface area contributed by atoms with E-state index in [9.17, 15) is 4.39 Å². The Hall–Kier alpha value is -1.09. The molecule has 1 atom stereocenters. The number of hydrogen-bond acceptors (Lipinski definition) is 2. The lowest BCUT2D eigenvalue weighted by atomic mass is 9.87. The number of rotatable bonds is 3. The Morgan fingerprint density at radius 1 is 1.41 bits per heavy atom. The van der Waals surface area contributed by atoms with E-state index in [1.807, 2.05) is 6.07 Å². The smallest absolute Gasteiger partial charge is 0.165 e. The summed E-state index contributed by atoms with van der Waals surface area (Å²) in [5, 5.41) is 0. The van der Waals surface area contributed by atoms with Crippen molar-refractivity contribution in [1.82, 2.24) is 0 Å². The Morgan fingerprint density at radius 3 is 3.00 bits per heavy atom.